The van der Waals surface area contributed by atoms with Gasteiger partial charge in [-0.25, -0.2) is 0 Å². The molecule has 0 spiro atoms. The van der Waals surface area contributed by atoms with Crippen molar-refractivity contribution < 1.29 is 13.9 Å². The molecule has 3 rings (SSSR count). The molecule has 1 aromatic heterocycles. The second-order valence-electron chi connectivity index (χ2n) is 8.03. The third-order valence-electron chi connectivity index (χ3n) is 5.57. The van der Waals surface area contributed by atoms with Gasteiger partial charge in [0, 0.05) is 39.2 Å². The van der Waals surface area contributed by atoms with E-state index >= 15 is 0 Å². The number of hydrogen-bond donors (Lipinski definition) is 1. The summed E-state index contributed by atoms with van der Waals surface area (Å²) >= 11 is 3.55. The quantitative estimate of drug-likeness (QED) is 0.231. The molecule has 0 saturated carbocycles. The summed E-state index contributed by atoms with van der Waals surface area (Å²) in [6, 6.07) is 10.2. The van der Waals surface area contributed by atoms with Gasteiger partial charge in [-0.3, -0.25) is 4.79 Å². The lowest BCUT2D eigenvalue weighted by Gasteiger charge is -2.15. The molecule has 1 heterocycles. The van der Waals surface area contributed by atoms with Crippen molar-refractivity contribution in [3.05, 3.63) is 58.3 Å². The van der Waals surface area contributed by atoms with Crippen LogP contribution in [0.4, 0.5) is 0 Å². The number of carbonyl (C=O) groups is 1. The highest BCUT2D eigenvalue weighted by atomic mass is 79.9. The van der Waals surface area contributed by atoms with Gasteiger partial charge in [-0.1, -0.05) is 54.2 Å². The fourth-order valence-electron chi connectivity index (χ4n) is 3.91. The molecule has 32 heavy (non-hydrogen) atoms. The number of fused-ring (bicyclic) bond motifs is 1. The van der Waals surface area contributed by atoms with E-state index in [2.05, 4.69) is 46.4 Å². The van der Waals surface area contributed by atoms with E-state index in [1.54, 1.807) is 12.3 Å². The molecular weight excluding hydrogens is 466 g/mol. The number of rotatable bonds is 10. The molecule has 0 aliphatic carbocycles. The average molecular weight is 498 g/mol. The normalized spacial score (nSPS) is 11.7. The second kappa shape index (κ2) is 11.4. The first-order valence-corrected chi connectivity index (χ1v) is 12.2. The highest BCUT2D eigenvalue weighted by Crippen LogP contribution is 2.41. The van der Waals surface area contributed by atoms with Gasteiger partial charge in [-0.05, 0) is 56.5 Å². The summed E-state index contributed by atoms with van der Waals surface area (Å²) in [7, 11) is 0. The molecule has 1 N–H and O–H groups in total. The second-order valence-corrected chi connectivity index (χ2v) is 8.94. The van der Waals surface area contributed by atoms with E-state index in [1.807, 2.05) is 32.9 Å². The topological polar surface area (TPSA) is 51.5 Å². The number of hydrogen-bond acceptors (Lipinski definition) is 3. The number of allylic oxidation sites excluding steroid dienone is 1. The number of nitrogens with one attached hydrogen (secondary N) is 1. The molecule has 0 atom stereocenters. The molecule has 0 bridgehead atoms. The van der Waals surface area contributed by atoms with Crippen molar-refractivity contribution in [3.63, 3.8) is 0 Å². The van der Waals surface area contributed by atoms with E-state index in [4.69, 9.17) is 9.15 Å². The SMILES string of the molecule is CCCCCCNC(=O)/C=C(\C)c1cc2c(-c3cccc(Br)c3)coc2c(C)c1OCC. The highest BCUT2D eigenvalue weighted by Gasteiger charge is 2.19. The van der Waals surface area contributed by atoms with Crippen molar-refractivity contribution >= 4 is 38.4 Å². The lowest BCUT2D eigenvalue weighted by atomic mass is 9.96. The van der Waals surface area contributed by atoms with Crippen LogP contribution in [0.1, 0.15) is 57.6 Å². The van der Waals surface area contributed by atoms with Crippen molar-refractivity contribution in [2.24, 2.45) is 0 Å². The van der Waals surface area contributed by atoms with Gasteiger partial charge in [0.2, 0.25) is 5.91 Å². The third-order valence-corrected chi connectivity index (χ3v) is 6.06. The number of furan rings is 1. The predicted octanol–water partition coefficient (Wildman–Crippen LogP) is 7.67. The molecule has 0 radical (unpaired) electrons. The number of halogens is 1. The smallest absolute Gasteiger partial charge is 0.244 e. The van der Waals surface area contributed by atoms with Gasteiger partial charge in [0.1, 0.15) is 11.3 Å². The first-order valence-electron chi connectivity index (χ1n) is 11.4. The Kier molecular flexibility index (Phi) is 8.57. The van der Waals surface area contributed by atoms with Gasteiger partial charge in [-0.15, -0.1) is 0 Å². The Morgan fingerprint density at radius 2 is 2.00 bits per heavy atom. The van der Waals surface area contributed by atoms with Crippen LogP contribution in [0, 0.1) is 6.92 Å². The molecule has 0 unspecified atom stereocenters. The zero-order valence-corrected chi connectivity index (χ0v) is 21.0. The van der Waals surface area contributed by atoms with Crippen molar-refractivity contribution in [3.8, 4) is 16.9 Å². The van der Waals surface area contributed by atoms with Gasteiger partial charge >= 0.3 is 0 Å². The van der Waals surface area contributed by atoms with Crippen LogP contribution in [0.15, 0.2) is 51.6 Å². The van der Waals surface area contributed by atoms with E-state index < -0.39 is 0 Å². The Hall–Kier alpha value is -2.53. The Morgan fingerprint density at radius 3 is 2.72 bits per heavy atom. The van der Waals surface area contributed by atoms with Crippen LogP contribution < -0.4 is 10.1 Å². The molecule has 5 heteroatoms. The number of amides is 1. The van der Waals surface area contributed by atoms with Crippen LogP contribution >= 0.6 is 15.9 Å². The Labute approximate surface area is 199 Å². The molecule has 170 valence electrons. The number of aryl methyl sites for hydroxylation is 1. The first kappa shape index (κ1) is 24.1. The lowest BCUT2D eigenvalue weighted by Crippen LogP contribution is -2.22. The average Bonchev–Trinajstić information content (AvgIpc) is 3.19. The summed E-state index contributed by atoms with van der Waals surface area (Å²) in [5.74, 6) is 0.693. The van der Waals surface area contributed by atoms with Gasteiger partial charge < -0.3 is 14.5 Å². The fraction of sp³-hybridized carbons (Fsp3) is 0.370. The van der Waals surface area contributed by atoms with Crippen molar-refractivity contribution in [2.45, 2.75) is 53.4 Å². The molecule has 4 nitrogen and oxygen atoms in total. The molecule has 0 saturated heterocycles. The van der Waals surface area contributed by atoms with Gasteiger partial charge in [0.15, 0.2) is 0 Å². The fourth-order valence-corrected chi connectivity index (χ4v) is 4.31. The summed E-state index contributed by atoms with van der Waals surface area (Å²) in [6.07, 6.45) is 8.00. The minimum atomic E-state index is -0.0707. The Morgan fingerprint density at radius 1 is 1.19 bits per heavy atom. The monoisotopic (exact) mass is 497 g/mol. The van der Waals surface area contributed by atoms with Crippen LogP contribution in [-0.4, -0.2) is 19.1 Å². The molecule has 0 aliphatic heterocycles. The van der Waals surface area contributed by atoms with Crippen LogP contribution in [0.25, 0.3) is 27.7 Å². The van der Waals surface area contributed by atoms with E-state index in [0.717, 1.165) is 61.9 Å². The van der Waals surface area contributed by atoms with Gasteiger partial charge in [-0.2, -0.15) is 0 Å². The molecule has 3 aromatic rings. The molecule has 0 aliphatic rings. The highest BCUT2D eigenvalue weighted by molar-refractivity contribution is 9.10. The first-order chi connectivity index (χ1) is 15.5. The number of carbonyl (C=O) groups excluding carboxylic acids is 1. The zero-order valence-electron chi connectivity index (χ0n) is 19.4. The standard InChI is InChI=1S/C27H32BrNO3/c1-5-7-8-9-13-29-25(30)14-18(3)22-16-23-24(20-11-10-12-21(28)15-20)17-32-27(23)19(4)26(22)31-6-2/h10-12,14-17H,5-9,13H2,1-4H3,(H,29,30)/b18-14+. The summed E-state index contributed by atoms with van der Waals surface area (Å²) in [6.45, 7) is 9.35. The van der Waals surface area contributed by atoms with E-state index in [1.165, 1.54) is 12.8 Å². The summed E-state index contributed by atoms with van der Waals surface area (Å²) in [4.78, 5) is 12.5. The summed E-state index contributed by atoms with van der Waals surface area (Å²) in [5.41, 5.74) is 5.61. The maximum Gasteiger partial charge on any atom is 0.244 e. The maximum atomic E-state index is 12.5. The number of unbranched alkanes of at least 4 members (excludes halogenated alkanes) is 3. The van der Waals surface area contributed by atoms with Gasteiger partial charge in [0.05, 0.1) is 12.9 Å². The van der Waals surface area contributed by atoms with E-state index in [9.17, 15) is 4.79 Å². The van der Waals surface area contributed by atoms with E-state index in [0.29, 0.717) is 13.2 Å². The Balaban J connectivity index is 1.98. The number of ether oxygens (including phenoxy) is 1. The lowest BCUT2D eigenvalue weighted by molar-refractivity contribution is -0.116. The van der Waals surface area contributed by atoms with E-state index in [-0.39, 0.29) is 5.91 Å². The van der Waals surface area contributed by atoms with Gasteiger partial charge in [0.25, 0.3) is 0 Å². The summed E-state index contributed by atoms with van der Waals surface area (Å²) in [5, 5.41) is 4.01. The number of benzene rings is 2. The van der Waals surface area contributed by atoms with Crippen LogP contribution in [0.5, 0.6) is 5.75 Å². The largest absolute Gasteiger partial charge is 0.493 e. The van der Waals surface area contributed by atoms with Crippen molar-refractivity contribution in [2.75, 3.05) is 13.2 Å². The molecule has 1 amide bonds. The predicted molar refractivity (Wildman–Crippen MR) is 136 cm³/mol. The maximum absolute atomic E-state index is 12.5. The zero-order chi connectivity index (χ0) is 23.1. The van der Waals surface area contributed by atoms with Crippen LogP contribution in [-0.2, 0) is 4.79 Å². The van der Waals surface area contributed by atoms with Crippen LogP contribution in [0.3, 0.4) is 0 Å². The molecular formula is C27H32BrNO3. The van der Waals surface area contributed by atoms with Crippen LogP contribution in [0.2, 0.25) is 0 Å². The Bertz CT molecular complexity index is 1110. The minimum Gasteiger partial charge on any atom is -0.493 e. The van der Waals surface area contributed by atoms with Crippen molar-refractivity contribution in [1.82, 2.24) is 5.32 Å². The molecule has 0 fully saturated rings. The third kappa shape index (κ3) is 5.63. The minimum absolute atomic E-state index is 0.0707. The summed E-state index contributed by atoms with van der Waals surface area (Å²) < 4.78 is 13.0. The molecule has 2 aromatic carbocycles. The van der Waals surface area contributed by atoms with Crippen molar-refractivity contribution in [1.29, 1.82) is 0 Å².